The molecule has 4 heteroatoms. The lowest BCUT2D eigenvalue weighted by Crippen LogP contribution is -2.31. The number of carbonyl (C=O) groups is 1. The number of rotatable bonds is 3. The molecule has 0 aliphatic carbocycles. The second kappa shape index (κ2) is 6.19. The fourth-order valence-corrected chi connectivity index (χ4v) is 2.36. The fourth-order valence-electron chi connectivity index (χ4n) is 2.25. The molecule has 0 aromatic heterocycles. The van der Waals surface area contributed by atoms with Crippen molar-refractivity contribution >= 4 is 23.2 Å². The van der Waals surface area contributed by atoms with Gasteiger partial charge in [0, 0.05) is 23.2 Å². The van der Waals surface area contributed by atoms with Crippen LogP contribution < -0.4 is 4.90 Å². The lowest BCUT2D eigenvalue weighted by Gasteiger charge is -2.23. The average molecular weight is 304 g/mol. The van der Waals surface area contributed by atoms with E-state index in [-0.39, 0.29) is 11.7 Å². The molecule has 0 radical (unpaired) electrons. The molecule has 0 spiro atoms. The SMILES string of the molecule is CCN(C(=O)c1ccc(Cl)c(C)c1)c1cc(O)ccc1C. The predicted octanol–water partition coefficient (Wildman–Crippen LogP) is 4.33. The van der Waals surface area contributed by atoms with E-state index in [4.69, 9.17) is 11.6 Å². The van der Waals surface area contributed by atoms with Gasteiger partial charge in [0.2, 0.25) is 0 Å². The summed E-state index contributed by atoms with van der Waals surface area (Å²) in [5.74, 6) is 0.0418. The summed E-state index contributed by atoms with van der Waals surface area (Å²) < 4.78 is 0. The summed E-state index contributed by atoms with van der Waals surface area (Å²) in [4.78, 5) is 14.4. The summed E-state index contributed by atoms with van der Waals surface area (Å²) in [7, 11) is 0. The predicted molar refractivity (Wildman–Crippen MR) is 86.4 cm³/mol. The largest absolute Gasteiger partial charge is 0.508 e. The van der Waals surface area contributed by atoms with Gasteiger partial charge in [0.25, 0.3) is 5.91 Å². The minimum Gasteiger partial charge on any atom is -0.508 e. The van der Waals surface area contributed by atoms with Crippen LogP contribution in [-0.2, 0) is 0 Å². The van der Waals surface area contributed by atoms with E-state index >= 15 is 0 Å². The molecule has 1 N–H and O–H groups in total. The van der Waals surface area contributed by atoms with E-state index in [9.17, 15) is 9.90 Å². The van der Waals surface area contributed by atoms with Crippen molar-refractivity contribution in [2.45, 2.75) is 20.8 Å². The van der Waals surface area contributed by atoms with Crippen LogP contribution in [0.1, 0.15) is 28.4 Å². The standard InChI is InChI=1S/C17H18ClNO2/c1-4-19(16-10-14(20)7-5-11(16)2)17(21)13-6-8-15(18)12(3)9-13/h5-10,20H,4H2,1-3H3. The third-order valence-electron chi connectivity index (χ3n) is 3.45. The minimum atomic E-state index is -0.106. The fraction of sp³-hybridized carbons (Fsp3) is 0.235. The normalized spacial score (nSPS) is 10.5. The Morgan fingerprint density at radius 1 is 1.14 bits per heavy atom. The van der Waals surface area contributed by atoms with Crippen molar-refractivity contribution in [1.82, 2.24) is 0 Å². The monoisotopic (exact) mass is 303 g/mol. The number of hydrogen-bond acceptors (Lipinski definition) is 2. The number of phenols is 1. The molecule has 2 aromatic carbocycles. The molecule has 0 fully saturated rings. The van der Waals surface area contributed by atoms with E-state index in [2.05, 4.69) is 0 Å². The first-order valence-corrected chi connectivity index (χ1v) is 7.19. The second-order valence-corrected chi connectivity index (χ2v) is 5.39. The van der Waals surface area contributed by atoms with E-state index in [1.807, 2.05) is 20.8 Å². The Morgan fingerprint density at radius 2 is 1.86 bits per heavy atom. The summed E-state index contributed by atoms with van der Waals surface area (Å²) >= 11 is 6.00. The maximum atomic E-state index is 12.7. The number of carbonyl (C=O) groups excluding carboxylic acids is 1. The van der Waals surface area contributed by atoms with E-state index < -0.39 is 0 Å². The van der Waals surface area contributed by atoms with Gasteiger partial charge in [-0.15, -0.1) is 0 Å². The van der Waals surface area contributed by atoms with E-state index in [0.717, 1.165) is 16.8 Å². The molecule has 0 saturated carbocycles. The van der Waals surface area contributed by atoms with Crippen LogP contribution in [0, 0.1) is 13.8 Å². The molecule has 0 heterocycles. The van der Waals surface area contributed by atoms with Crippen LogP contribution in [0.2, 0.25) is 5.02 Å². The molecule has 0 unspecified atom stereocenters. The lowest BCUT2D eigenvalue weighted by molar-refractivity contribution is 0.0988. The van der Waals surface area contributed by atoms with Gasteiger partial charge in [-0.1, -0.05) is 17.7 Å². The molecule has 0 atom stereocenters. The van der Waals surface area contributed by atoms with E-state index in [0.29, 0.717) is 17.1 Å². The molecular weight excluding hydrogens is 286 g/mol. The van der Waals surface area contributed by atoms with Gasteiger partial charge in [-0.3, -0.25) is 4.79 Å². The first-order chi connectivity index (χ1) is 9.93. The summed E-state index contributed by atoms with van der Waals surface area (Å²) in [6, 6.07) is 10.3. The van der Waals surface area contributed by atoms with Crippen LogP contribution in [0.25, 0.3) is 0 Å². The molecule has 2 aromatic rings. The third-order valence-corrected chi connectivity index (χ3v) is 3.87. The van der Waals surface area contributed by atoms with Crippen LogP contribution in [0.15, 0.2) is 36.4 Å². The van der Waals surface area contributed by atoms with Crippen molar-refractivity contribution in [2.24, 2.45) is 0 Å². The Kier molecular flexibility index (Phi) is 4.53. The number of aromatic hydroxyl groups is 1. The average Bonchev–Trinajstić information content (AvgIpc) is 2.46. The zero-order valence-corrected chi connectivity index (χ0v) is 13.1. The molecule has 110 valence electrons. The Labute approximate surface area is 129 Å². The maximum Gasteiger partial charge on any atom is 0.258 e. The molecule has 2 rings (SSSR count). The Bertz CT molecular complexity index is 682. The maximum absolute atomic E-state index is 12.7. The molecule has 21 heavy (non-hydrogen) atoms. The zero-order chi connectivity index (χ0) is 15.6. The van der Waals surface area contributed by atoms with Crippen LogP contribution in [0.3, 0.4) is 0 Å². The minimum absolute atomic E-state index is 0.106. The van der Waals surface area contributed by atoms with Gasteiger partial charge in [-0.05, 0) is 56.2 Å². The van der Waals surface area contributed by atoms with Gasteiger partial charge in [0.15, 0.2) is 0 Å². The Morgan fingerprint density at radius 3 is 2.48 bits per heavy atom. The summed E-state index contributed by atoms with van der Waals surface area (Å²) in [6.07, 6.45) is 0. The number of amides is 1. The molecule has 0 aliphatic heterocycles. The van der Waals surface area contributed by atoms with Gasteiger partial charge in [0.1, 0.15) is 5.75 Å². The Balaban J connectivity index is 2.43. The van der Waals surface area contributed by atoms with Crippen LogP contribution in [0.4, 0.5) is 5.69 Å². The van der Waals surface area contributed by atoms with Crippen molar-refractivity contribution in [2.75, 3.05) is 11.4 Å². The number of nitrogens with zero attached hydrogens (tertiary/aromatic N) is 1. The molecular formula is C17H18ClNO2. The van der Waals surface area contributed by atoms with Crippen molar-refractivity contribution in [3.63, 3.8) is 0 Å². The van der Waals surface area contributed by atoms with Crippen molar-refractivity contribution in [3.8, 4) is 5.75 Å². The van der Waals surface area contributed by atoms with Gasteiger partial charge < -0.3 is 10.0 Å². The number of phenolic OH excluding ortho intramolecular Hbond substituents is 1. The van der Waals surface area contributed by atoms with Crippen LogP contribution >= 0.6 is 11.6 Å². The smallest absolute Gasteiger partial charge is 0.258 e. The second-order valence-electron chi connectivity index (χ2n) is 4.98. The lowest BCUT2D eigenvalue weighted by atomic mass is 10.1. The zero-order valence-electron chi connectivity index (χ0n) is 12.4. The molecule has 0 aliphatic rings. The van der Waals surface area contributed by atoms with E-state index in [1.165, 1.54) is 0 Å². The Hall–Kier alpha value is -2.00. The molecule has 3 nitrogen and oxygen atoms in total. The summed E-state index contributed by atoms with van der Waals surface area (Å²) in [6.45, 7) is 6.21. The van der Waals surface area contributed by atoms with Crippen molar-refractivity contribution in [1.29, 1.82) is 0 Å². The summed E-state index contributed by atoms with van der Waals surface area (Å²) in [5, 5.41) is 10.3. The quantitative estimate of drug-likeness (QED) is 0.917. The highest BCUT2D eigenvalue weighted by Crippen LogP contribution is 2.27. The van der Waals surface area contributed by atoms with Crippen LogP contribution in [-0.4, -0.2) is 17.6 Å². The summed E-state index contributed by atoms with van der Waals surface area (Å²) in [5.41, 5.74) is 3.11. The highest BCUT2D eigenvalue weighted by atomic mass is 35.5. The number of anilines is 1. The van der Waals surface area contributed by atoms with Crippen molar-refractivity contribution in [3.05, 3.63) is 58.1 Å². The van der Waals surface area contributed by atoms with Crippen LogP contribution in [0.5, 0.6) is 5.75 Å². The van der Waals surface area contributed by atoms with Gasteiger partial charge >= 0.3 is 0 Å². The topological polar surface area (TPSA) is 40.5 Å². The number of hydrogen-bond donors (Lipinski definition) is 1. The first kappa shape index (κ1) is 15.4. The van der Waals surface area contributed by atoms with Gasteiger partial charge in [0.05, 0.1) is 5.69 Å². The third kappa shape index (κ3) is 3.19. The highest BCUT2D eigenvalue weighted by Gasteiger charge is 2.18. The highest BCUT2D eigenvalue weighted by molar-refractivity contribution is 6.31. The van der Waals surface area contributed by atoms with Crippen molar-refractivity contribution < 1.29 is 9.90 Å². The number of benzene rings is 2. The number of halogens is 1. The molecule has 1 amide bonds. The van der Waals surface area contributed by atoms with E-state index in [1.54, 1.807) is 41.3 Å². The van der Waals surface area contributed by atoms with Gasteiger partial charge in [-0.25, -0.2) is 0 Å². The molecule has 0 saturated heterocycles. The number of aryl methyl sites for hydroxylation is 2. The van der Waals surface area contributed by atoms with Gasteiger partial charge in [-0.2, -0.15) is 0 Å². The molecule has 0 bridgehead atoms. The first-order valence-electron chi connectivity index (χ1n) is 6.81.